The molecule has 2 aromatic carbocycles. The number of rotatable bonds is 4. The van der Waals surface area contributed by atoms with Crippen LogP contribution >= 0.6 is 0 Å². The molecule has 0 spiro atoms. The molecule has 27 heavy (non-hydrogen) atoms. The quantitative estimate of drug-likeness (QED) is 0.696. The highest BCUT2D eigenvalue weighted by Crippen LogP contribution is 2.36. The first kappa shape index (κ1) is 17.6. The topological polar surface area (TPSA) is 58.4 Å². The molecule has 3 aromatic rings. The molecule has 2 heterocycles. The molecule has 0 N–H and O–H groups in total. The van der Waals surface area contributed by atoms with E-state index in [2.05, 4.69) is 4.98 Å². The van der Waals surface area contributed by atoms with Crippen molar-refractivity contribution in [2.24, 2.45) is 0 Å². The zero-order valence-electron chi connectivity index (χ0n) is 15.4. The lowest BCUT2D eigenvalue weighted by molar-refractivity contribution is 0.487. The van der Waals surface area contributed by atoms with Crippen LogP contribution in [0.4, 0.5) is 11.4 Å². The van der Waals surface area contributed by atoms with Crippen molar-refractivity contribution in [1.29, 1.82) is 0 Å². The second kappa shape index (κ2) is 6.74. The number of sulfonamides is 1. The summed E-state index contributed by atoms with van der Waals surface area (Å²) in [5, 5.41) is 0. The number of nitrogens with zero attached hydrogens (tertiary/aromatic N) is 4. The fourth-order valence-corrected chi connectivity index (χ4v) is 5.08. The van der Waals surface area contributed by atoms with E-state index < -0.39 is 10.0 Å². The van der Waals surface area contributed by atoms with E-state index >= 15 is 0 Å². The fraction of sp³-hybridized carbons (Fsp3) is 0.250. The zero-order valence-corrected chi connectivity index (χ0v) is 16.2. The fourth-order valence-electron chi connectivity index (χ4n) is 3.50. The number of fused-ring (bicyclic) bond motifs is 1. The summed E-state index contributed by atoms with van der Waals surface area (Å²) in [7, 11) is 0.117. The van der Waals surface area contributed by atoms with Crippen LogP contribution in [0, 0.1) is 0 Å². The summed E-state index contributed by atoms with van der Waals surface area (Å²) >= 11 is 0. The SMILES string of the molecule is CN(C)c1cccc(S(=O)(=O)N2CC(n3ccnc3)Cc3ccccc32)c1. The molecular weight excluding hydrogens is 360 g/mol. The van der Waals surface area contributed by atoms with Gasteiger partial charge >= 0.3 is 0 Å². The van der Waals surface area contributed by atoms with Crippen LogP contribution in [0.15, 0.2) is 72.1 Å². The second-order valence-corrected chi connectivity index (χ2v) is 8.79. The Morgan fingerprint density at radius 3 is 2.67 bits per heavy atom. The first-order chi connectivity index (χ1) is 13.0. The summed E-state index contributed by atoms with van der Waals surface area (Å²) in [6.45, 7) is 0.377. The number of hydrogen-bond acceptors (Lipinski definition) is 4. The number of aromatic nitrogens is 2. The van der Waals surface area contributed by atoms with Crippen molar-refractivity contribution in [3.8, 4) is 0 Å². The predicted molar refractivity (Wildman–Crippen MR) is 107 cm³/mol. The third-order valence-electron chi connectivity index (χ3n) is 4.96. The summed E-state index contributed by atoms with van der Waals surface area (Å²) in [6, 6.07) is 14.8. The molecule has 4 rings (SSSR count). The Bertz CT molecular complexity index is 1050. The van der Waals surface area contributed by atoms with Gasteiger partial charge in [0.25, 0.3) is 10.0 Å². The highest BCUT2D eigenvalue weighted by Gasteiger charge is 2.33. The summed E-state index contributed by atoms with van der Waals surface area (Å²) < 4.78 is 30.6. The maximum Gasteiger partial charge on any atom is 0.264 e. The van der Waals surface area contributed by atoms with Gasteiger partial charge in [0.1, 0.15) is 0 Å². The van der Waals surface area contributed by atoms with Crippen molar-refractivity contribution >= 4 is 21.4 Å². The van der Waals surface area contributed by atoms with Crippen LogP contribution in [0.25, 0.3) is 0 Å². The van der Waals surface area contributed by atoms with Crippen LogP contribution in [-0.4, -0.2) is 38.6 Å². The Kier molecular flexibility index (Phi) is 4.39. The summed E-state index contributed by atoms with van der Waals surface area (Å²) in [4.78, 5) is 6.32. The lowest BCUT2D eigenvalue weighted by atomic mass is 10.00. The number of imidazole rings is 1. The monoisotopic (exact) mass is 382 g/mol. The standard InChI is InChI=1S/C20H22N4O2S/c1-22(2)17-7-5-8-19(13-17)27(25,26)24-14-18(23-11-10-21-15-23)12-16-6-3-4-9-20(16)24/h3-11,13,15,18H,12,14H2,1-2H3. The van der Waals surface area contributed by atoms with Crippen LogP contribution in [0.5, 0.6) is 0 Å². The third-order valence-corrected chi connectivity index (χ3v) is 6.74. The molecule has 7 heteroatoms. The van der Waals surface area contributed by atoms with Gasteiger partial charge in [0.15, 0.2) is 0 Å². The summed E-state index contributed by atoms with van der Waals surface area (Å²) in [5.41, 5.74) is 2.63. The summed E-state index contributed by atoms with van der Waals surface area (Å²) in [5.74, 6) is 0. The highest BCUT2D eigenvalue weighted by molar-refractivity contribution is 7.92. The van der Waals surface area contributed by atoms with Crippen LogP contribution in [0.1, 0.15) is 11.6 Å². The predicted octanol–water partition coefficient (Wildman–Crippen LogP) is 2.94. The van der Waals surface area contributed by atoms with Crippen molar-refractivity contribution in [2.75, 3.05) is 29.8 Å². The Hall–Kier alpha value is -2.80. The molecule has 0 bridgehead atoms. The largest absolute Gasteiger partial charge is 0.378 e. The zero-order chi connectivity index (χ0) is 19.0. The first-order valence-corrected chi connectivity index (χ1v) is 10.3. The highest BCUT2D eigenvalue weighted by atomic mass is 32.2. The van der Waals surface area contributed by atoms with Gasteiger partial charge in [-0.25, -0.2) is 13.4 Å². The van der Waals surface area contributed by atoms with Gasteiger partial charge < -0.3 is 9.47 Å². The number of anilines is 2. The minimum Gasteiger partial charge on any atom is -0.378 e. The minimum atomic E-state index is -3.68. The van der Waals surface area contributed by atoms with Crippen LogP contribution < -0.4 is 9.21 Å². The molecule has 0 amide bonds. The van der Waals surface area contributed by atoms with Crippen LogP contribution in [-0.2, 0) is 16.4 Å². The normalized spacial score (nSPS) is 16.8. The van der Waals surface area contributed by atoms with E-state index in [0.29, 0.717) is 11.4 Å². The number of para-hydroxylation sites is 1. The van der Waals surface area contributed by atoms with E-state index in [9.17, 15) is 8.42 Å². The van der Waals surface area contributed by atoms with Crippen LogP contribution in [0.3, 0.4) is 0 Å². The van der Waals surface area contributed by atoms with Gasteiger partial charge in [0.05, 0.1) is 29.5 Å². The Labute approximate surface area is 159 Å². The van der Waals surface area contributed by atoms with Crippen molar-refractivity contribution < 1.29 is 8.42 Å². The molecule has 1 unspecified atom stereocenters. The average molecular weight is 382 g/mol. The van der Waals surface area contributed by atoms with E-state index in [1.54, 1.807) is 30.7 Å². The second-order valence-electron chi connectivity index (χ2n) is 6.92. The Morgan fingerprint density at radius 1 is 1.11 bits per heavy atom. The van der Waals surface area contributed by atoms with E-state index in [4.69, 9.17) is 0 Å². The molecule has 0 fully saturated rings. The van der Waals surface area contributed by atoms with E-state index in [1.165, 1.54) is 4.31 Å². The minimum absolute atomic E-state index is 0.00852. The molecule has 0 radical (unpaired) electrons. The first-order valence-electron chi connectivity index (χ1n) is 8.82. The van der Waals surface area contributed by atoms with Gasteiger partial charge in [0.2, 0.25) is 0 Å². The lowest BCUT2D eigenvalue weighted by Crippen LogP contribution is -2.40. The molecule has 0 aliphatic carbocycles. The molecule has 0 saturated carbocycles. The average Bonchev–Trinajstić information content (AvgIpc) is 3.22. The molecule has 1 atom stereocenters. The van der Waals surface area contributed by atoms with Gasteiger partial charge in [-0.05, 0) is 36.2 Å². The van der Waals surface area contributed by atoms with Gasteiger partial charge in [-0.3, -0.25) is 4.31 Å². The maximum atomic E-state index is 13.5. The molecule has 1 aliphatic rings. The molecule has 1 aliphatic heterocycles. The van der Waals surface area contributed by atoms with E-state index in [0.717, 1.165) is 23.4 Å². The smallest absolute Gasteiger partial charge is 0.264 e. The van der Waals surface area contributed by atoms with Crippen molar-refractivity contribution in [2.45, 2.75) is 17.4 Å². The van der Waals surface area contributed by atoms with Crippen molar-refractivity contribution in [1.82, 2.24) is 9.55 Å². The lowest BCUT2D eigenvalue weighted by Gasteiger charge is -2.35. The third kappa shape index (κ3) is 3.19. The van der Waals surface area contributed by atoms with Crippen molar-refractivity contribution in [3.63, 3.8) is 0 Å². The van der Waals surface area contributed by atoms with Crippen LogP contribution in [0.2, 0.25) is 0 Å². The molecule has 6 nitrogen and oxygen atoms in total. The Morgan fingerprint density at radius 2 is 1.93 bits per heavy atom. The molecule has 140 valence electrons. The van der Waals surface area contributed by atoms with Gasteiger partial charge in [0, 0.05) is 32.2 Å². The number of benzene rings is 2. The Balaban J connectivity index is 1.80. The molecule has 1 aromatic heterocycles. The van der Waals surface area contributed by atoms with Crippen molar-refractivity contribution in [3.05, 3.63) is 72.8 Å². The molecule has 0 saturated heterocycles. The van der Waals surface area contributed by atoms with Gasteiger partial charge in [-0.2, -0.15) is 0 Å². The van der Waals surface area contributed by atoms with Gasteiger partial charge in [-0.15, -0.1) is 0 Å². The maximum absolute atomic E-state index is 13.5. The van der Waals surface area contributed by atoms with Gasteiger partial charge in [-0.1, -0.05) is 24.3 Å². The number of hydrogen-bond donors (Lipinski definition) is 0. The van der Waals surface area contributed by atoms with E-state index in [-0.39, 0.29) is 6.04 Å². The van der Waals surface area contributed by atoms with E-state index in [1.807, 2.05) is 60.1 Å². The molecular formula is C20H22N4O2S. The summed E-state index contributed by atoms with van der Waals surface area (Å²) in [6.07, 6.45) is 6.13.